The quantitative estimate of drug-likeness (QED) is 0.895. The molecule has 0 radical (unpaired) electrons. The van der Waals surface area contributed by atoms with Crippen LogP contribution in [-0.4, -0.2) is 64.6 Å². The van der Waals surface area contributed by atoms with Gasteiger partial charge in [0.05, 0.1) is 0 Å². The van der Waals surface area contributed by atoms with Crippen molar-refractivity contribution in [3.63, 3.8) is 0 Å². The number of piperazine rings is 1. The van der Waals surface area contributed by atoms with Crippen molar-refractivity contribution in [2.75, 3.05) is 44.7 Å². The van der Waals surface area contributed by atoms with E-state index in [1.807, 2.05) is 4.68 Å². The maximum absolute atomic E-state index is 8.96. The Morgan fingerprint density at radius 1 is 1.09 bits per heavy atom. The SMILES string of the molecule is CN1CCN(c2ccc(-c3ncnn3CCCO)cc2)CC1. The van der Waals surface area contributed by atoms with Crippen LogP contribution in [-0.2, 0) is 6.54 Å². The fourth-order valence-corrected chi connectivity index (χ4v) is 2.76. The van der Waals surface area contributed by atoms with Crippen LogP contribution >= 0.6 is 0 Å². The second kappa shape index (κ2) is 6.89. The van der Waals surface area contributed by atoms with Crippen molar-refractivity contribution in [1.82, 2.24) is 19.7 Å². The number of aliphatic hydroxyl groups excluding tert-OH is 1. The van der Waals surface area contributed by atoms with Crippen LogP contribution in [0.1, 0.15) is 6.42 Å². The highest BCUT2D eigenvalue weighted by Crippen LogP contribution is 2.22. The first kappa shape index (κ1) is 15.0. The molecule has 6 nitrogen and oxygen atoms in total. The van der Waals surface area contributed by atoms with Crippen LogP contribution in [0.5, 0.6) is 0 Å². The van der Waals surface area contributed by atoms with Gasteiger partial charge in [0, 0.05) is 50.6 Å². The predicted octanol–water partition coefficient (Wildman–Crippen LogP) is 1.08. The molecule has 2 heterocycles. The highest BCUT2D eigenvalue weighted by Gasteiger charge is 2.14. The third kappa shape index (κ3) is 3.28. The van der Waals surface area contributed by atoms with E-state index in [1.54, 1.807) is 6.33 Å². The average Bonchev–Trinajstić information content (AvgIpc) is 3.02. The van der Waals surface area contributed by atoms with E-state index in [-0.39, 0.29) is 6.61 Å². The normalized spacial score (nSPS) is 16.2. The summed E-state index contributed by atoms with van der Waals surface area (Å²) in [6.07, 6.45) is 2.26. The molecule has 1 saturated heterocycles. The van der Waals surface area contributed by atoms with E-state index in [9.17, 15) is 0 Å². The van der Waals surface area contributed by atoms with Crippen molar-refractivity contribution >= 4 is 5.69 Å². The van der Waals surface area contributed by atoms with E-state index in [1.165, 1.54) is 5.69 Å². The summed E-state index contributed by atoms with van der Waals surface area (Å²) in [6.45, 7) is 5.22. The van der Waals surface area contributed by atoms with Gasteiger partial charge in [0.25, 0.3) is 0 Å². The summed E-state index contributed by atoms with van der Waals surface area (Å²) in [5.74, 6) is 0.860. The number of aliphatic hydroxyl groups is 1. The van der Waals surface area contributed by atoms with Gasteiger partial charge in [-0.1, -0.05) is 0 Å². The first-order chi connectivity index (χ1) is 10.8. The molecule has 22 heavy (non-hydrogen) atoms. The number of aromatic nitrogens is 3. The van der Waals surface area contributed by atoms with Crippen LogP contribution in [0.25, 0.3) is 11.4 Å². The highest BCUT2D eigenvalue weighted by molar-refractivity contribution is 5.60. The summed E-state index contributed by atoms with van der Waals surface area (Å²) in [4.78, 5) is 9.11. The maximum atomic E-state index is 8.96. The Labute approximate surface area is 131 Å². The minimum atomic E-state index is 0.168. The van der Waals surface area contributed by atoms with E-state index < -0.39 is 0 Å². The van der Waals surface area contributed by atoms with Gasteiger partial charge in [-0.2, -0.15) is 5.10 Å². The number of benzene rings is 1. The standard InChI is InChI=1S/C16H23N5O/c1-19-8-10-20(11-9-19)15-5-3-14(4-6-15)16-17-13-18-21(16)7-2-12-22/h3-6,13,22H,2,7-12H2,1H3. The first-order valence-electron chi connectivity index (χ1n) is 7.80. The van der Waals surface area contributed by atoms with Gasteiger partial charge in [0.15, 0.2) is 5.82 Å². The van der Waals surface area contributed by atoms with Crippen LogP contribution < -0.4 is 4.90 Å². The molecule has 1 aromatic heterocycles. The molecule has 0 spiro atoms. The Bertz CT molecular complexity index is 587. The first-order valence-corrected chi connectivity index (χ1v) is 7.80. The van der Waals surface area contributed by atoms with Gasteiger partial charge in [-0.05, 0) is 37.7 Å². The second-order valence-corrected chi connectivity index (χ2v) is 5.72. The molecule has 0 atom stereocenters. The summed E-state index contributed by atoms with van der Waals surface area (Å²) in [5, 5.41) is 13.2. The number of rotatable bonds is 5. The number of likely N-dealkylation sites (N-methyl/N-ethyl adjacent to an activating group) is 1. The molecule has 0 saturated carbocycles. The smallest absolute Gasteiger partial charge is 0.158 e. The molecule has 1 aliphatic heterocycles. The van der Waals surface area contributed by atoms with Crippen molar-refractivity contribution in [2.24, 2.45) is 0 Å². The van der Waals surface area contributed by atoms with Crippen molar-refractivity contribution in [1.29, 1.82) is 0 Å². The summed E-state index contributed by atoms with van der Waals surface area (Å²) >= 11 is 0. The fourth-order valence-electron chi connectivity index (χ4n) is 2.76. The Morgan fingerprint density at radius 3 is 2.50 bits per heavy atom. The van der Waals surface area contributed by atoms with E-state index >= 15 is 0 Å². The monoisotopic (exact) mass is 301 g/mol. The van der Waals surface area contributed by atoms with Gasteiger partial charge < -0.3 is 14.9 Å². The molecule has 3 rings (SSSR count). The average molecular weight is 301 g/mol. The van der Waals surface area contributed by atoms with Gasteiger partial charge >= 0.3 is 0 Å². The number of aryl methyl sites for hydroxylation is 1. The zero-order chi connectivity index (χ0) is 15.4. The van der Waals surface area contributed by atoms with Gasteiger partial charge in [0.1, 0.15) is 6.33 Å². The van der Waals surface area contributed by atoms with Crippen molar-refractivity contribution in [2.45, 2.75) is 13.0 Å². The minimum Gasteiger partial charge on any atom is -0.396 e. The lowest BCUT2D eigenvalue weighted by molar-refractivity contribution is 0.277. The van der Waals surface area contributed by atoms with Crippen LogP contribution in [0.3, 0.4) is 0 Å². The van der Waals surface area contributed by atoms with Crippen molar-refractivity contribution < 1.29 is 5.11 Å². The Balaban J connectivity index is 1.73. The largest absolute Gasteiger partial charge is 0.396 e. The van der Waals surface area contributed by atoms with Crippen LogP contribution in [0, 0.1) is 0 Å². The molecule has 118 valence electrons. The Morgan fingerprint density at radius 2 is 1.82 bits per heavy atom. The number of anilines is 1. The van der Waals surface area contributed by atoms with Crippen LogP contribution in [0.4, 0.5) is 5.69 Å². The van der Waals surface area contributed by atoms with E-state index in [0.717, 1.165) is 37.6 Å². The molecular weight excluding hydrogens is 278 g/mol. The summed E-state index contributed by atoms with van der Waals surface area (Å²) in [7, 11) is 2.17. The van der Waals surface area contributed by atoms with Gasteiger partial charge in [-0.25, -0.2) is 9.67 Å². The van der Waals surface area contributed by atoms with Crippen molar-refractivity contribution in [3.05, 3.63) is 30.6 Å². The molecule has 2 aromatic rings. The van der Waals surface area contributed by atoms with Crippen LogP contribution in [0.2, 0.25) is 0 Å². The third-order valence-electron chi connectivity index (χ3n) is 4.14. The molecule has 0 unspecified atom stereocenters. The number of hydrogen-bond donors (Lipinski definition) is 1. The second-order valence-electron chi connectivity index (χ2n) is 5.72. The van der Waals surface area contributed by atoms with Crippen LogP contribution in [0.15, 0.2) is 30.6 Å². The van der Waals surface area contributed by atoms with E-state index in [2.05, 4.69) is 51.2 Å². The van der Waals surface area contributed by atoms with Gasteiger partial charge in [-0.3, -0.25) is 0 Å². The third-order valence-corrected chi connectivity index (χ3v) is 4.14. The lowest BCUT2D eigenvalue weighted by Gasteiger charge is -2.34. The molecule has 0 bridgehead atoms. The molecular formula is C16H23N5O. The lowest BCUT2D eigenvalue weighted by atomic mass is 10.1. The number of nitrogens with zero attached hydrogens (tertiary/aromatic N) is 5. The molecule has 1 aliphatic rings. The van der Waals surface area contributed by atoms with Crippen molar-refractivity contribution in [3.8, 4) is 11.4 Å². The molecule has 1 aromatic carbocycles. The Hall–Kier alpha value is -1.92. The highest BCUT2D eigenvalue weighted by atomic mass is 16.3. The molecule has 0 aliphatic carbocycles. The minimum absolute atomic E-state index is 0.168. The molecule has 1 fully saturated rings. The van der Waals surface area contributed by atoms with E-state index in [0.29, 0.717) is 13.0 Å². The topological polar surface area (TPSA) is 57.4 Å². The molecule has 6 heteroatoms. The van der Waals surface area contributed by atoms with Gasteiger partial charge in [-0.15, -0.1) is 0 Å². The summed E-state index contributed by atoms with van der Waals surface area (Å²) < 4.78 is 1.85. The number of hydrogen-bond acceptors (Lipinski definition) is 5. The zero-order valence-electron chi connectivity index (χ0n) is 13.0. The van der Waals surface area contributed by atoms with Gasteiger partial charge in [0.2, 0.25) is 0 Å². The fraction of sp³-hybridized carbons (Fsp3) is 0.500. The maximum Gasteiger partial charge on any atom is 0.158 e. The zero-order valence-corrected chi connectivity index (χ0v) is 13.0. The predicted molar refractivity (Wildman–Crippen MR) is 86.9 cm³/mol. The molecule has 0 amide bonds. The Kier molecular flexibility index (Phi) is 4.70. The lowest BCUT2D eigenvalue weighted by Crippen LogP contribution is -2.44. The summed E-state index contributed by atoms with van der Waals surface area (Å²) in [6, 6.07) is 8.53. The van der Waals surface area contributed by atoms with E-state index in [4.69, 9.17) is 5.11 Å². The summed E-state index contributed by atoms with van der Waals surface area (Å²) in [5.41, 5.74) is 2.33. The molecule has 1 N–H and O–H groups in total.